The molecule has 1 aromatic carbocycles. The summed E-state index contributed by atoms with van der Waals surface area (Å²) in [6, 6.07) is 2.95. The number of carbonyl (C=O) groups is 1. The molecule has 2 N–H and O–H groups in total. The number of alkyl halides is 1. The maximum Gasteiger partial charge on any atom is 0.302 e. The van der Waals surface area contributed by atoms with E-state index in [-0.39, 0.29) is 28.1 Å². The molecule has 0 fully saturated rings. The van der Waals surface area contributed by atoms with Crippen LogP contribution in [0.5, 0.6) is 0 Å². The highest BCUT2D eigenvalue weighted by Crippen LogP contribution is 2.28. The fourth-order valence-electron chi connectivity index (χ4n) is 1.30. The summed E-state index contributed by atoms with van der Waals surface area (Å²) in [4.78, 5) is 21.5. The smallest absolute Gasteiger partial charge is 0.302 e. The zero-order valence-corrected chi connectivity index (χ0v) is 9.58. The number of halogens is 1. The zero-order chi connectivity index (χ0) is 11.6. The number of nitro groups is 1. The maximum atomic E-state index is 11.4. The number of hydrogen-bond donors (Lipinski definition) is 1. The van der Waals surface area contributed by atoms with E-state index >= 15 is 0 Å². The quantitative estimate of drug-likeness (QED) is 0.300. The van der Waals surface area contributed by atoms with Crippen molar-refractivity contribution in [2.75, 3.05) is 11.1 Å². The Kier molecular flexibility index (Phi) is 3.41. The van der Waals surface area contributed by atoms with Crippen molar-refractivity contribution in [3.05, 3.63) is 33.4 Å². The second-order valence-corrected chi connectivity index (χ2v) is 3.62. The monoisotopic (exact) mass is 272 g/mol. The van der Waals surface area contributed by atoms with Crippen LogP contribution >= 0.6 is 15.9 Å². The molecule has 0 aliphatic rings. The molecule has 0 aliphatic heterocycles. The van der Waals surface area contributed by atoms with Crippen molar-refractivity contribution in [3.63, 3.8) is 0 Å². The maximum absolute atomic E-state index is 11.4. The van der Waals surface area contributed by atoms with Gasteiger partial charge in [0.25, 0.3) is 0 Å². The van der Waals surface area contributed by atoms with E-state index in [1.165, 1.54) is 12.1 Å². The van der Waals surface area contributed by atoms with Gasteiger partial charge in [-0.1, -0.05) is 15.9 Å². The van der Waals surface area contributed by atoms with Crippen molar-refractivity contribution in [1.82, 2.24) is 0 Å². The zero-order valence-electron chi connectivity index (χ0n) is 7.99. The lowest BCUT2D eigenvalue weighted by molar-refractivity contribution is -0.384. The normalized spacial score (nSPS) is 10.0. The number of nitro benzene ring substituents is 1. The van der Waals surface area contributed by atoms with Crippen molar-refractivity contribution < 1.29 is 9.72 Å². The minimum absolute atomic E-state index is 0.0179. The third-order valence-corrected chi connectivity index (χ3v) is 2.40. The van der Waals surface area contributed by atoms with E-state index in [2.05, 4.69) is 15.9 Å². The first-order valence-electron chi connectivity index (χ1n) is 4.11. The number of ketones is 1. The number of hydrogen-bond acceptors (Lipinski definition) is 4. The van der Waals surface area contributed by atoms with E-state index in [9.17, 15) is 14.9 Å². The molecule has 0 saturated carbocycles. The minimum Gasteiger partial charge on any atom is -0.393 e. The molecular weight excluding hydrogens is 264 g/mol. The van der Waals surface area contributed by atoms with E-state index in [1.807, 2.05) is 0 Å². The average molecular weight is 273 g/mol. The SMILES string of the molecule is Cc1cc(N)c([N+](=O)[O-])c(C(=O)CBr)c1. The van der Waals surface area contributed by atoms with Crippen molar-refractivity contribution in [2.24, 2.45) is 0 Å². The lowest BCUT2D eigenvalue weighted by atomic mass is 10.0. The topological polar surface area (TPSA) is 86.2 Å². The summed E-state index contributed by atoms with van der Waals surface area (Å²) in [5.41, 5.74) is 5.98. The molecule has 1 rings (SSSR count). The van der Waals surface area contributed by atoms with Crippen LogP contribution in [-0.2, 0) is 0 Å². The summed E-state index contributed by atoms with van der Waals surface area (Å²) < 4.78 is 0. The molecule has 80 valence electrons. The lowest BCUT2D eigenvalue weighted by Gasteiger charge is -2.04. The summed E-state index contributed by atoms with van der Waals surface area (Å²) in [6.07, 6.45) is 0. The number of anilines is 1. The first-order valence-corrected chi connectivity index (χ1v) is 5.23. The fourth-order valence-corrected chi connectivity index (χ4v) is 1.60. The van der Waals surface area contributed by atoms with E-state index < -0.39 is 4.92 Å². The molecule has 1 aromatic rings. The highest BCUT2D eigenvalue weighted by atomic mass is 79.9. The number of nitrogen functional groups attached to an aromatic ring is 1. The summed E-state index contributed by atoms with van der Waals surface area (Å²) in [7, 11) is 0. The summed E-state index contributed by atoms with van der Waals surface area (Å²) in [6.45, 7) is 1.73. The van der Waals surface area contributed by atoms with Crippen LogP contribution in [0.3, 0.4) is 0 Å². The van der Waals surface area contributed by atoms with Gasteiger partial charge in [-0.25, -0.2) is 0 Å². The van der Waals surface area contributed by atoms with E-state index in [1.54, 1.807) is 6.92 Å². The highest BCUT2D eigenvalue weighted by Gasteiger charge is 2.23. The van der Waals surface area contributed by atoms with Gasteiger partial charge in [0.15, 0.2) is 5.78 Å². The Bertz CT molecular complexity index is 432. The Balaban J connectivity index is 3.46. The van der Waals surface area contributed by atoms with Gasteiger partial charge in [0.2, 0.25) is 0 Å². The number of aryl methyl sites for hydroxylation is 1. The average Bonchev–Trinajstić information content (AvgIpc) is 2.14. The molecule has 6 heteroatoms. The van der Waals surface area contributed by atoms with E-state index in [0.717, 1.165) is 5.56 Å². The third kappa shape index (κ3) is 2.33. The van der Waals surface area contributed by atoms with Gasteiger partial charge in [0.05, 0.1) is 15.8 Å². The second kappa shape index (κ2) is 4.39. The number of Topliss-reactive ketones (excluding diaryl/α,β-unsaturated/α-hetero) is 1. The molecule has 0 atom stereocenters. The number of nitrogens with zero attached hydrogens (tertiary/aromatic N) is 1. The third-order valence-electron chi connectivity index (χ3n) is 1.89. The Hall–Kier alpha value is -1.43. The molecule has 0 amide bonds. The van der Waals surface area contributed by atoms with Crippen LogP contribution in [0.15, 0.2) is 12.1 Å². The molecule has 0 spiro atoms. The van der Waals surface area contributed by atoms with Crippen molar-refractivity contribution in [1.29, 1.82) is 0 Å². The van der Waals surface area contributed by atoms with Crippen LogP contribution in [-0.4, -0.2) is 16.0 Å². The van der Waals surface area contributed by atoms with Crippen LogP contribution in [0.4, 0.5) is 11.4 Å². The predicted molar refractivity (Wildman–Crippen MR) is 60.4 cm³/mol. The molecule has 0 aromatic heterocycles. The standard InChI is InChI=1S/C9H9BrN2O3/c1-5-2-6(8(13)4-10)9(12(14)15)7(11)3-5/h2-3H,4,11H2,1H3. The highest BCUT2D eigenvalue weighted by molar-refractivity contribution is 9.09. The van der Waals surface area contributed by atoms with E-state index in [4.69, 9.17) is 5.73 Å². The van der Waals surface area contributed by atoms with Gasteiger partial charge in [-0.15, -0.1) is 0 Å². The van der Waals surface area contributed by atoms with Crippen molar-refractivity contribution in [3.8, 4) is 0 Å². The van der Waals surface area contributed by atoms with Crippen molar-refractivity contribution in [2.45, 2.75) is 6.92 Å². The van der Waals surface area contributed by atoms with Crippen LogP contribution in [0.2, 0.25) is 0 Å². The predicted octanol–water partition coefficient (Wildman–Crippen LogP) is 2.06. The molecular formula is C9H9BrN2O3. The summed E-state index contributed by atoms with van der Waals surface area (Å²) >= 11 is 2.97. The first kappa shape index (κ1) is 11.6. The Morgan fingerprint density at radius 3 is 2.67 bits per heavy atom. The largest absolute Gasteiger partial charge is 0.393 e. The van der Waals surface area contributed by atoms with Gasteiger partial charge < -0.3 is 5.73 Å². The molecule has 0 unspecified atom stereocenters. The van der Waals surface area contributed by atoms with Crippen LogP contribution in [0.1, 0.15) is 15.9 Å². The Labute approximate surface area is 94.5 Å². The van der Waals surface area contributed by atoms with Gasteiger partial charge in [0.1, 0.15) is 5.69 Å². The summed E-state index contributed by atoms with van der Waals surface area (Å²) in [5.74, 6) is -0.350. The molecule has 0 aliphatic carbocycles. The lowest BCUT2D eigenvalue weighted by Crippen LogP contribution is -2.08. The number of carbonyl (C=O) groups excluding carboxylic acids is 1. The number of rotatable bonds is 3. The van der Waals surface area contributed by atoms with Crippen LogP contribution < -0.4 is 5.73 Å². The minimum atomic E-state index is -0.634. The molecule has 0 radical (unpaired) electrons. The van der Waals surface area contributed by atoms with Gasteiger partial charge >= 0.3 is 5.69 Å². The summed E-state index contributed by atoms with van der Waals surface area (Å²) in [5, 5.41) is 10.8. The second-order valence-electron chi connectivity index (χ2n) is 3.06. The van der Waals surface area contributed by atoms with E-state index in [0.29, 0.717) is 0 Å². The van der Waals surface area contributed by atoms with Gasteiger partial charge in [-0.3, -0.25) is 14.9 Å². The van der Waals surface area contributed by atoms with Crippen LogP contribution in [0.25, 0.3) is 0 Å². The number of benzene rings is 1. The molecule has 5 nitrogen and oxygen atoms in total. The molecule has 0 heterocycles. The number of nitrogens with two attached hydrogens (primary N) is 1. The van der Waals surface area contributed by atoms with Crippen molar-refractivity contribution >= 4 is 33.1 Å². The Morgan fingerprint density at radius 2 is 2.20 bits per heavy atom. The Morgan fingerprint density at radius 1 is 1.60 bits per heavy atom. The van der Waals surface area contributed by atoms with Gasteiger partial charge in [0, 0.05) is 0 Å². The van der Waals surface area contributed by atoms with Crippen LogP contribution in [0, 0.1) is 17.0 Å². The van der Waals surface area contributed by atoms with Gasteiger partial charge in [-0.05, 0) is 24.6 Å². The first-order chi connectivity index (χ1) is 6.97. The van der Waals surface area contributed by atoms with Gasteiger partial charge in [-0.2, -0.15) is 0 Å². The fraction of sp³-hybridized carbons (Fsp3) is 0.222. The molecule has 15 heavy (non-hydrogen) atoms. The molecule has 0 saturated heterocycles. The molecule has 0 bridgehead atoms.